The van der Waals surface area contributed by atoms with Gasteiger partial charge in [0.05, 0.1) is 17.0 Å². The second-order valence-electron chi connectivity index (χ2n) is 7.40. The van der Waals surface area contributed by atoms with Crippen molar-refractivity contribution in [3.63, 3.8) is 0 Å². The largest absolute Gasteiger partial charge is 0.458 e. The summed E-state index contributed by atoms with van der Waals surface area (Å²) < 4.78 is 5.34. The van der Waals surface area contributed by atoms with E-state index in [1.54, 1.807) is 24.0 Å². The summed E-state index contributed by atoms with van der Waals surface area (Å²) >= 11 is 0. The minimum atomic E-state index is -0.480. The molecule has 1 aliphatic heterocycles. The number of carbonyl (C=O) groups excluding carboxylic acids is 2. The second kappa shape index (κ2) is 9.38. The van der Waals surface area contributed by atoms with Crippen molar-refractivity contribution in [2.75, 3.05) is 6.61 Å². The average Bonchev–Trinajstić information content (AvgIpc) is 2.75. The summed E-state index contributed by atoms with van der Waals surface area (Å²) in [5.74, 6) is -1.00. The monoisotopic (exact) mass is 420 g/mol. The third kappa shape index (κ3) is 4.71. The molecule has 0 saturated carbocycles. The van der Waals surface area contributed by atoms with Gasteiger partial charge in [-0.2, -0.15) is 0 Å². The molecule has 0 bridgehead atoms. The SMILES string of the molecule is C=CCOC(=O)C1=C(C)N(Cc2ccc([N+](=O)[O-])cc2)C(=O)CC1c1ccccc1C. The number of benzene rings is 2. The van der Waals surface area contributed by atoms with E-state index >= 15 is 0 Å². The van der Waals surface area contributed by atoms with Crippen LogP contribution in [0.4, 0.5) is 5.69 Å². The average molecular weight is 420 g/mol. The number of amides is 1. The minimum Gasteiger partial charge on any atom is -0.458 e. The number of carbonyl (C=O) groups is 2. The van der Waals surface area contributed by atoms with Gasteiger partial charge < -0.3 is 9.64 Å². The second-order valence-corrected chi connectivity index (χ2v) is 7.40. The van der Waals surface area contributed by atoms with Gasteiger partial charge in [0.25, 0.3) is 5.69 Å². The van der Waals surface area contributed by atoms with E-state index in [-0.39, 0.29) is 31.2 Å². The molecule has 0 spiro atoms. The number of esters is 1. The molecule has 1 unspecified atom stereocenters. The Kier molecular flexibility index (Phi) is 6.65. The van der Waals surface area contributed by atoms with Crippen LogP contribution in [0.1, 0.15) is 36.0 Å². The Labute approximate surface area is 180 Å². The van der Waals surface area contributed by atoms with Gasteiger partial charge >= 0.3 is 5.97 Å². The quantitative estimate of drug-likeness (QED) is 0.286. The van der Waals surface area contributed by atoms with E-state index in [4.69, 9.17) is 4.74 Å². The summed E-state index contributed by atoms with van der Waals surface area (Å²) in [6.07, 6.45) is 1.63. The summed E-state index contributed by atoms with van der Waals surface area (Å²) in [5, 5.41) is 10.9. The maximum atomic E-state index is 13.1. The van der Waals surface area contributed by atoms with E-state index in [2.05, 4.69) is 6.58 Å². The molecule has 1 atom stereocenters. The zero-order chi connectivity index (χ0) is 22.5. The highest BCUT2D eigenvalue weighted by Crippen LogP contribution is 2.38. The van der Waals surface area contributed by atoms with Gasteiger partial charge in [-0.3, -0.25) is 14.9 Å². The summed E-state index contributed by atoms with van der Waals surface area (Å²) in [5.41, 5.74) is 3.58. The molecule has 31 heavy (non-hydrogen) atoms. The van der Waals surface area contributed by atoms with Crippen LogP contribution in [0.15, 0.2) is 72.5 Å². The zero-order valence-electron chi connectivity index (χ0n) is 17.5. The number of nitro groups is 1. The molecule has 3 rings (SSSR count). The van der Waals surface area contributed by atoms with Crippen LogP contribution < -0.4 is 0 Å². The van der Waals surface area contributed by atoms with Crippen LogP contribution >= 0.6 is 0 Å². The van der Waals surface area contributed by atoms with E-state index < -0.39 is 16.8 Å². The maximum absolute atomic E-state index is 13.1. The Hall–Kier alpha value is -3.74. The lowest BCUT2D eigenvalue weighted by atomic mass is 9.81. The summed E-state index contributed by atoms with van der Waals surface area (Å²) in [4.78, 5) is 38.0. The first-order chi connectivity index (χ1) is 14.8. The molecular formula is C24H24N2O5. The molecule has 1 aliphatic rings. The van der Waals surface area contributed by atoms with Gasteiger partial charge in [0.1, 0.15) is 6.61 Å². The lowest BCUT2D eigenvalue weighted by Crippen LogP contribution is -2.38. The van der Waals surface area contributed by atoms with Gasteiger partial charge in [-0.25, -0.2) is 4.79 Å². The molecule has 2 aromatic carbocycles. The normalized spacial score (nSPS) is 16.3. The number of non-ortho nitro benzene ring substituents is 1. The summed E-state index contributed by atoms with van der Waals surface area (Å²) in [6.45, 7) is 7.55. The molecule has 1 heterocycles. The van der Waals surface area contributed by atoms with E-state index in [1.165, 1.54) is 18.2 Å². The number of allylic oxidation sites excluding steroid dienone is 1. The molecule has 0 radical (unpaired) electrons. The van der Waals surface area contributed by atoms with Crippen LogP contribution in [0.3, 0.4) is 0 Å². The van der Waals surface area contributed by atoms with Gasteiger partial charge in [-0.15, -0.1) is 0 Å². The van der Waals surface area contributed by atoms with Crippen molar-refractivity contribution < 1.29 is 19.2 Å². The summed E-state index contributed by atoms with van der Waals surface area (Å²) in [7, 11) is 0. The third-order valence-electron chi connectivity index (χ3n) is 5.43. The topological polar surface area (TPSA) is 89.8 Å². The van der Waals surface area contributed by atoms with Crippen molar-refractivity contribution in [1.82, 2.24) is 4.90 Å². The third-order valence-corrected chi connectivity index (χ3v) is 5.43. The Morgan fingerprint density at radius 2 is 1.90 bits per heavy atom. The van der Waals surface area contributed by atoms with Gasteiger partial charge in [-0.1, -0.05) is 49.1 Å². The van der Waals surface area contributed by atoms with Crippen molar-refractivity contribution >= 4 is 17.6 Å². The van der Waals surface area contributed by atoms with Gasteiger partial charge in [0.15, 0.2) is 0 Å². The van der Waals surface area contributed by atoms with E-state index in [9.17, 15) is 19.7 Å². The number of aryl methyl sites for hydroxylation is 1. The lowest BCUT2D eigenvalue weighted by Gasteiger charge is -2.35. The smallest absolute Gasteiger partial charge is 0.336 e. The van der Waals surface area contributed by atoms with Crippen LogP contribution in [-0.2, 0) is 20.9 Å². The number of rotatable bonds is 7. The highest BCUT2D eigenvalue weighted by atomic mass is 16.6. The van der Waals surface area contributed by atoms with Crippen LogP contribution in [0, 0.1) is 17.0 Å². The Morgan fingerprint density at radius 1 is 1.23 bits per heavy atom. The Morgan fingerprint density at radius 3 is 2.52 bits per heavy atom. The first kappa shape index (κ1) is 22.0. The van der Waals surface area contributed by atoms with Gasteiger partial charge in [-0.05, 0) is 30.5 Å². The van der Waals surface area contributed by atoms with Crippen LogP contribution in [0.5, 0.6) is 0 Å². The van der Waals surface area contributed by atoms with Crippen LogP contribution in [0.2, 0.25) is 0 Å². The molecule has 2 aromatic rings. The van der Waals surface area contributed by atoms with E-state index in [0.29, 0.717) is 11.3 Å². The summed E-state index contributed by atoms with van der Waals surface area (Å²) in [6, 6.07) is 13.7. The molecule has 1 amide bonds. The molecule has 7 nitrogen and oxygen atoms in total. The molecule has 7 heteroatoms. The standard InChI is InChI=1S/C24H24N2O5/c1-4-13-31-24(28)23-17(3)25(15-18-9-11-19(12-10-18)26(29)30)22(27)14-21(23)20-8-6-5-7-16(20)2/h4-12,21H,1,13-15H2,2-3H3. The molecule has 0 aliphatic carbocycles. The van der Waals surface area contributed by atoms with Crippen molar-refractivity contribution in [2.45, 2.75) is 32.7 Å². The van der Waals surface area contributed by atoms with Crippen molar-refractivity contribution in [2.24, 2.45) is 0 Å². The number of nitro benzene ring substituents is 1. The molecule has 160 valence electrons. The molecule has 0 saturated heterocycles. The van der Waals surface area contributed by atoms with Crippen molar-refractivity contribution in [3.8, 4) is 0 Å². The fourth-order valence-corrected chi connectivity index (χ4v) is 3.83. The number of nitrogens with zero attached hydrogens (tertiary/aromatic N) is 2. The minimum absolute atomic E-state index is 0.0192. The Balaban J connectivity index is 2.00. The van der Waals surface area contributed by atoms with Crippen molar-refractivity contribution in [1.29, 1.82) is 0 Å². The fraction of sp³-hybridized carbons (Fsp3) is 0.250. The lowest BCUT2D eigenvalue weighted by molar-refractivity contribution is -0.384. The highest BCUT2D eigenvalue weighted by molar-refractivity contribution is 5.96. The van der Waals surface area contributed by atoms with E-state index in [1.807, 2.05) is 31.2 Å². The first-order valence-corrected chi connectivity index (χ1v) is 9.91. The zero-order valence-corrected chi connectivity index (χ0v) is 17.5. The number of ether oxygens (including phenoxy) is 1. The first-order valence-electron chi connectivity index (χ1n) is 9.91. The van der Waals surface area contributed by atoms with Gasteiger partial charge in [0.2, 0.25) is 5.91 Å². The predicted molar refractivity (Wildman–Crippen MR) is 116 cm³/mol. The van der Waals surface area contributed by atoms with Crippen LogP contribution in [0.25, 0.3) is 0 Å². The van der Waals surface area contributed by atoms with Crippen molar-refractivity contribution in [3.05, 3.63) is 99.3 Å². The number of hydrogen-bond acceptors (Lipinski definition) is 5. The van der Waals surface area contributed by atoms with E-state index in [0.717, 1.165) is 16.7 Å². The fourth-order valence-electron chi connectivity index (χ4n) is 3.83. The number of hydrogen-bond donors (Lipinski definition) is 0. The van der Waals surface area contributed by atoms with Gasteiger partial charge in [0, 0.05) is 30.2 Å². The highest BCUT2D eigenvalue weighted by Gasteiger charge is 2.37. The predicted octanol–water partition coefficient (Wildman–Crippen LogP) is 4.42. The molecule has 0 fully saturated rings. The Bertz CT molecular complexity index is 1060. The molecule has 0 aromatic heterocycles. The maximum Gasteiger partial charge on any atom is 0.336 e. The molecular weight excluding hydrogens is 396 g/mol. The molecule has 0 N–H and O–H groups in total. The van der Waals surface area contributed by atoms with Crippen LogP contribution in [-0.4, -0.2) is 28.3 Å².